The highest BCUT2D eigenvalue weighted by Gasteiger charge is 2.40. The zero-order chi connectivity index (χ0) is 9.12. The number of rotatable bonds is 3. The molecule has 0 saturated carbocycles. The van der Waals surface area contributed by atoms with Gasteiger partial charge < -0.3 is 0 Å². The van der Waals surface area contributed by atoms with Gasteiger partial charge in [0, 0.05) is 15.4 Å². The van der Waals surface area contributed by atoms with Crippen LogP contribution in [0.5, 0.6) is 0 Å². The maximum Gasteiger partial charge on any atom is 0.148 e. The Morgan fingerprint density at radius 2 is 1.64 bits per heavy atom. The van der Waals surface area contributed by atoms with Gasteiger partial charge >= 0.3 is 0 Å². The van der Waals surface area contributed by atoms with Crippen LogP contribution in [-0.4, -0.2) is 4.93 Å². The molecule has 0 radical (unpaired) electrons. The van der Waals surface area contributed by atoms with Crippen LogP contribution in [0.25, 0.3) is 0 Å². The first-order chi connectivity index (χ1) is 4.87. The molecule has 0 aromatic rings. The summed E-state index contributed by atoms with van der Waals surface area (Å²) in [6, 6.07) is 0. The molecule has 5 heteroatoms. The summed E-state index contributed by atoms with van der Waals surface area (Å²) in [5, 5.41) is 0. The van der Waals surface area contributed by atoms with E-state index in [-0.39, 0.29) is 5.41 Å². The summed E-state index contributed by atoms with van der Waals surface area (Å²) in [5.41, 5.74) is -0.0404. The highest BCUT2D eigenvalue weighted by Crippen LogP contribution is 2.49. The Bertz CT molecular complexity index is 126. The van der Waals surface area contributed by atoms with Crippen LogP contribution in [0, 0.1) is 5.41 Å². The highest BCUT2D eigenvalue weighted by molar-refractivity contribution is 8.85. The molecule has 0 N–H and O–H groups in total. The molecule has 1 unspecified atom stereocenters. The summed E-state index contributed by atoms with van der Waals surface area (Å²) in [6.45, 7) is 8.07. The van der Waals surface area contributed by atoms with Crippen molar-refractivity contribution in [2.75, 3.05) is 0 Å². The molecule has 0 aliphatic rings. The Balaban J connectivity index is 4.33. The Hall–Kier alpha value is 1.24. The molecule has 1 atom stereocenters. The molecule has 0 spiro atoms. The van der Waals surface area contributed by atoms with Crippen molar-refractivity contribution in [2.24, 2.45) is 5.41 Å². The van der Waals surface area contributed by atoms with Gasteiger partial charge in [0.2, 0.25) is 0 Å². The van der Waals surface area contributed by atoms with Crippen molar-refractivity contribution < 1.29 is 4.29 Å². The van der Waals surface area contributed by atoms with Gasteiger partial charge in [-0.15, -0.1) is 0 Å². The van der Waals surface area contributed by atoms with Gasteiger partial charge in [-0.2, -0.15) is 0 Å². The van der Waals surface area contributed by atoms with Crippen molar-refractivity contribution in [3.05, 3.63) is 0 Å². The molecule has 0 aromatic heterocycles. The quantitative estimate of drug-likeness (QED) is 0.528. The Morgan fingerprint density at radius 3 is 1.73 bits per heavy atom. The van der Waals surface area contributed by atoms with E-state index in [9.17, 15) is 0 Å². The molecule has 11 heavy (non-hydrogen) atoms. The fourth-order valence-electron chi connectivity index (χ4n) is 0.314. The van der Waals surface area contributed by atoms with E-state index in [1.807, 2.05) is 6.92 Å². The van der Waals surface area contributed by atoms with Crippen LogP contribution in [0.1, 0.15) is 27.7 Å². The molecule has 1 nitrogen and oxygen atoms in total. The van der Waals surface area contributed by atoms with Crippen molar-refractivity contribution in [1.82, 2.24) is 0 Å². The van der Waals surface area contributed by atoms with Crippen LogP contribution in [-0.2, 0) is 4.29 Å². The Labute approximate surface area is 85.6 Å². The van der Waals surface area contributed by atoms with E-state index in [2.05, 4.69) is 20.8 Å². The fourth-order valence-corrected chi connectivity index (χ4v) is 3.44. The predicted octanol–water partition coefficient (Wildman–Crippen LogP) is 4.45. The molecule has 0 aliphatic carbocycles. The molecule has 68 valence electrons. The molecule has 0 heterocycles. The van der Waals surface area contributed by atoms with Gasteiger partial charge in [-0.3, -0.25) is 4.29 Å². The van der Waals surface area contributed by atoms with Gasteiger partial charge in [0.1, 0.15) is 4.93 Å². The average molecular weight is 235 g/mol. The summed E-state index contributed by atoms with van der Waals surface area (Å²) in [5.74, 6) is 0. The zero-order valence-electron chi connectivity index (χ0n) is 6.98. The fraction of sp³-hybridized carbons (Fsp3) is 1.00. The molecule has 0 fully saturated rings. The standard InChI is InChI=1S/C6H12Cl2OS2/c1-5(2,3)6(4,9-7)10-11-8/h1-4H3. The minimum atomic E-state index is -0.457. The molecule has 0 aliphatic heterocycles. The van der Waals surface area contributed by atoms with Crippen LogP contribution in [0.2, 0.25) is 0 Å². The lowest BCUT2D eigenvalue weighted by Gasteiger charge is -2.36. The maximum atomic E-state index is 5.51. The van der Waals surface area contributed by atoms with Crippen molar-refractivity contribution in [1.29, 1.82) is 0 Å². The lowest BCUT2D eigenvalue weighted by Crippen LogP contribution is -2.36. The molecular formula is C6H12Cl2OS2. The number of hydrogen-bond donors (Lipinski definition) is 0. The van der Waals surface area contributed by atoms with Gasteiger partial charge in [-0.1, -0.05) is 20.8 Å². The first kappa shape index (κ1) is 12.2. The third kappa shape index (κ3) is 3.23. The van der Waals surface area contributed by atoms with E-state index in [1.54, 1.807) is 0 Å². The lowest BCUT2D eigenvalue weighted by atomic mass is 9.90. The average Bonchev–Trinajstić information content (AvgIpc) is 1.86. The van der Waals surface area contributed by atoms with E-state index in [0.29, 0.717) is 0 Å². The third-order valence-corrected chi connectivity index (χ3v) is 4.89. The number of hydrogen-bond acceptors (Lipinski definition) is 3. The van der Waals surface area contributed by atoms with Gasteiger partial charge in [-0.25, -0.2) is 0 Å². The van der Waals surface area contributed by atoms with Crippen molar-refractivity contribution >= 4 is 43.3 Å². The maximum absolute atomic E-state index is 5.51. The van der Waals surface area contributed by atoms with E-state index < -0.39 is 4.93 Å². The monoisotopic (exact) mass is 234 g/mol. The summed E-state index contributed by atoms with van der Waals surface area (Å²) in [6.07, 6.45) is 0. The molecule has 0 aromatic carbocycles. The molecule has 0 saturated heterocycles. The summed E-state index contributed by atoms with van der Waals surface area (Å²) in [7, 11) is 8.06. The second kappa shape index (κ2) is 4.47. The highest BCUT2D eigenvalue weighted by atomic mass is 35.7. The normalized spacial score (nSPS) is 18.0. The van der Waals surface area contributed by atoms with Gasteiger partial charge in [0.05, 0.1) is 11.9 Å². The van der Waals surface area contributed by atoms with Gasteiger partial charge in [0.15, 0.2) is 0 Å². The smallest absolute Gasteiger partial charge is 0.148 e. The van der Waals surface area contributed by atoms with E-state index in [0.717, 1.165) is 10.0 Å². The van der Waals surface area contributed by atoms with Gasteiger partial charge in [0.25, 0.3) is 0 Å². The van der Waals surface area contributed by atoms with Crippen LogP contribution in [0.3, 0.4) is 0 Å². The lowest BCUT2D eigenvalue weighted by molar-refractivity contribution is 0.0819. The van der Waals surface area contributed by atoms with Crippen molar-refractivity contribution in [2.45, 2.75) is 32.6 Å². The van der Waals surface area contributed by atoms with E-state index in [1.165, 1.54) is 10.8 Å². The second-order valence-electron chi connectivity index (χ2n) is 3.42. The van der Waals surface area contributed by atoms with Crippen LogP contribution in [0.15, 0.2) is 0 Å². The van der Waals surface area contributed by atoms with E-state index >= 15 is 0 Å². The first-order valence-electron chi connectivity index (χ1n) is 3.13. The van der Waals surface area contributed by atoms with Crippen LogP contribution >= 0.6 is 43.3 Å². The Morgan fingerprint density at radius 1 is 1.18 bits per heavy atom. The Kier molecular flexibility index (Phi) is 4.97. The molecule has 0 rings (SSSR count). The second-order valence-corrected chi connectivity index (χ2v) is 6.66. The van der Waals surface area contributed by atoms with Crippen molar-refractivity contribution in [3.8, 4) is 0 Å². The van der Waals surface area contributed by atoms with Crippen LogP contribution in [0.4, 0.5) is 0 Å². The minimum Gasteiger partial charge on any atom is -0.260 e. The summed E-state index contributed by atoms with van der Waals surface area (Å²) >= 11 is 5.38. The zero-order valence-corrected chi connectivity index (χ0v) is 10.1. The summed E-state index contributed by atoms with van der Waals surface area (Å²) in [4.78, 5) is -0.457. The molecular weight excluding hydrogens is 223 g/mol. The molecule has 0 bridgehead atoms. The minimum absolute atomic E-state index is 0.0404. The SMILES string of the molecule is CC(C)(C)C(C)(OCl)SSCl. The number of halogens is 2. The predicted molar refractivity (Wildman–Crippen MR) is 55.8 cm³/mol. The summed E-state index contributed by atoms with van der Waals surface area (Å²) < 4.78 is 4.87. The largest absolute Gasteiger partial charge is 0.260 e. The van der Waals surface area contributed by atoms with Crippen molar-refractivity contribution in [3.63, 3.8) is 0 Å². The third-order valence-electron chi connectivity index (χ3n) is 1.70. The van der Waals surface area contributed by atoms with Gasteiger partial charge in [-0.05, 0) is 28.4 Å². The molecule has 0 amide bonds. The first-order valence-corrected chi connectivity index (χ1v) is 6.42. The van der Waals surface area contributed by atoms with E-state index in [4.69, 9.17) is 26.8 Å². The topological polar surface area (TPSA) is 9.23 Å². The van der Waals surface area contributed by atoms with Crippen LogP contribution < -0.4 is 0 Å².